The van der Waals surface area contributed by atoms with E-state index in [1.807, 2.05) is 48.2 Å². The van der Waals surface area contributed by atoms with Gasteiger partial charge >= 0.3 is 0 Å². The molecule has 4 aromatic rings. The summed E-state index contributed by atoms with van der Waals surface area (Å²) in [4.78, 5) is 21.7. The molecule has 0 spiro atoms. The Hall–Kier alpha value is -3.93. The first kappa shape index (κ1) is 20.9. The van der Waals surface area contributed by atoms with E-state index in [0.29, 0.717) is 24.5 Å². The van der Waals surface area contributed by atoms with Gasteiger partial charge in [-0.3, -0.25) is 4.79 Å². The van der Waals surface area contributed by atoms with Crippen LogP contribution in [0.2, 0.25) is 0 Å². The Morgan fingerprint density at radius 1 is 0.879 bits per heavy atom. The highest BCUT2D eigenvalue weighted by atomic mass is 19.1. The fourth-order valence-electron chi connectivity index (χ4n) is 4.22. The number of anilines is 1. The summed E-state index contributed by atoms with van der Waals surface area (Å²) in [5.74, 6) is 1.12. The van der Waals surface area contributed by atoms with Crippen molar-refractivity contribution >= 4 is 11.6 Å². The minimum Gasteiger partial charge on any atom is -0.441 e. The van der Waals surface area contributed by atoms with Crippen LogP contribution in [0.3, 0.4) is 0 Å². The van der Waals surface area contributed by atoms with E-state index in [1.165, 1.54) is 12.1 Å². The first-order chi connectivity index (χ1) is 16.1. The third kappa shape index (κ3) is 4.37. The van der Waals surface area contributed by atoms with Crippen LogP contribution in [0.15, 0.2) is 83.4 Å². The molecule has 1 aliphatic heterocycles. The molecule has 0 atom stereocenters. The number of oxazole rings is 1. The van der Waals surface area contributed by atoms with Gasteiger partial charge in [0.15, 0.2) is 11.7 Å². The number of hydrogen-bond donors (Lipinski definition) is 0. The smallest absolute Gasteiger partial charge is 0.254 e. The standard InChI is InChI=1S/C27H24FN3O2/c1-19-29-18-26(33-19)21-8-12-23(13-9-21)30-14-16-31(17-15-30)27(32)25-5-3-2-4-24(25)20-6-10-22(28)11-7-20/h2-13,18H,14-17H2,1H3. The fraction of sp³-hybridized carbons (Fsp3) is 0.185. The zero-order valence-electron chi connectivity index (χ0n) is 18.4. The van der Waals surface area contributed by atoms with Crippen molar-refractivity contribution in [2.24, 2.45) is 0 Å². The van der Waals surface area contributed by atoms with Gasteiger partial charge in [0.2, 0.25) is 0 Å². The zero-order chi connectivity index (χ0) is 22.8. The number of nitrogens with zero attached hydrogens (tertiary/aromatic N) is 3. The summed E-state index contributed by atoms with van der Waals surface area (Å²) in [6.45, 7) is 4.62. The summed E-state index contributed by atoms with van der Waals surface area (Å²) >= 11 is 0. The Bertz CT molecular complexity index is 1260. The van der Waals surface area contributed by atoms with Crippen LogP contribution < -0.4 is 4.90 Å². The SMILES string of the molecule is Cc1ncc(-c2ccc(N3CCN(C(=O)c4ccccc4-c4ccc(F)cc4)CC3)cc2)o1. The lowest BCUT2D eigenvalue weighted by Gasteiger charge is -2.36. The number of piperazine rings is 1. The molecule has 1 amide bonds. The molecule has 33 heavy (non-hydrogen) atoms. The second-order valence-corrected chi connectivity index (χ2v) is 8.12. The number of aromatic nitrogens is 1. The maximum Gasteiger partial charge on any atom is 0.254 e. The molecule has 0 aliphatic carbocycles. The van der Waals surface area contributed by atoms with Crippen LogP contribution in [0, 0.1) is 12.7 Å². The molecule has 1 fully saturated rings. The van der Waals surface area contributed by atoms with Gasteiger partial charge in [-0.15, -0.1) is 0 Å². The molecule has 1 aromatic heterocycles. The molecule has 6 heteroatoms. The van der Waals surface area contributed by atoms with Crippen molar-refractivity contribution in [2.45, 2.75) is 6.92 Å². The van der Waals surface area contributed by atoms with Gasteiger partial charge in [0.1, 0.15) is 5.82 Å². The molecule has 2 heterocycles. The third-order valence-corrected chi connectivity index (χ3v) is 6.02. The monoisotopic (exact) mass is 441 g/mol. The van der Waals surface area contributed by atoms with Crippen LogP contribution in [0.4, 0.5) is 10.1 Å². The predicted molar refractivity (Wildman–Crippen MR) is 127 cm³/mol. The van der Waals surface area contributed by atoms with E-state index in [4.69, 9.17) is 4.42 Å². The fourth-order valence-corrected chi connectivity index (χ4v) is 4.22. The summed E-state index contributed by atoms with van der Waals surface area (Å²) < 4.78 is 18.9. The highest BCUT2D eigenvalue weighted by Gasteiger charge is 2.24. The van der Waals surface area contributed by atoms with Gasteiger partial charge in [0, 0.05) is 49.9 Å². The largest absolute Gasteiger partial charge is 0.441 e. The quantitative estimate of drug-likeness (QED) is 0.424. The number of rotatable bonds is 4. The summed E-state index contributed by atoms with van der Waals surface area (Å²) in [7, 11) is 0. The van der Waals surface area contributed by atoms with E-state index in [2.05, 4.69) is 22.0 Å². The summed E-state index contributed by atoms with van der Waals surface area (Å²) in [5.41, 5.74) is 4.41. The van der Waals surface area contributed by atoms with Crippen molar-refractivity contribution in [3.05, 3.63) is 96.3 Å². The Balaban J connectivity index is 1.27. The minimum absolute atomic E-state index is 0.00520. The molecule has 0 N–H and O–H groups in total. The third-order valence-electron chi connectivity index (χ3n) is 6.02. The molecule has 0 radical (unpaired) electrons. The van der Waals surface area contributed by atoms with E-state index in [9.17, 15) is 9.18 Å². The van der Waals surface area contributed by atoms with E-state index in [1.54, 1.807) is 18.3 Å². The molecule has 5 rings (SSSR count). The van der Waals surface area contributed by atoms with Crippen molar-refractivity contribution in [3.8, 4) is 22.5 Å². The number of carbonyl (C=O) groups excluding carboxylic acids is 1. The van der Waals surface area contributed by atoms with Crippen LogP contribution in [0.25, 0.3) is 22.5 Å². The molecule has 1 saturated heterocycles. The molecule has 0 saturated carbocycles. The van der Waals surface area contributed by atoms with Crippen molar-refractivity contribution in [1.82, 2.24) is 9.88 Å². The van der Waals surface area contributed by atoms with Gasteiger partial charge in [-0.05, 0) is 53.6 Å². The second kappa shape index (κ2) is 8.90. The molecule has 3 aromatic carbocycles. The number of carbonyl (C=O) groups is 1. The van der Waals surface area contributed by atoms with Crippen molar-refractivity contribution in [1.29, 1.82) is 0 Å². The lowest BCUT2D eigenvalue weighted by atomic mass is 9.98. The normalized spacial score (nSPS) is 13.9. The van der Waals surface area contributed by atoms with Gasteiger partial charge in [-0.1, -0.05) is 30.3 Å². The minimum atomic E-state index is -0.289. The van der Waals surface area contributed by atoms with E-state index >= 15 is 0 Å². The lowest BCUT2D eigenvalue weighted by molar-refractivity contribution is 0.0747. The number of amides is 1. The molecule has 0 unspecified atom stereocenters. The highest BCUT2D eigenvalue weighted by molar-refractivity contribution is 6.01. The predicted octanol–water partition coefficient (Wildman–Crippen LogP) is 5.42. The summed E-state index contributed by atoms with van der Waals surface area (Å²) in [6.07, 6.45) is 1.73. The number of hydrogen-bond acceptors (Lipinski definition) is 4. The molecular formula is C27H24FN3O2. The van der Waals surface area contributed by atoms with E-state index in [0.717, 1.165) is 41.2 Å². The Morgan fingerprint density at radius 2 is 1.55 bits per heavy atom. The van der Waals surface area contributed by atoms with Crippen molar-refractivity contribution in [3.63, 3.8) is 0 Å². The van der Waals surface area contributed by atoms with Crippen LogP contribution in [-0.2, 0) is 0 Å². The lowest BCUT2D eigenvalue weighted by Crippen LogP contribution is -2.48. The van der Waals surface area contributed by atoms with Gasteiger partial charge in [0.25, 0.3) is 5.91 Å². The number of aryl methyl sites for hydroxylation is 1. The van der Waals surface area contributed by atoms with E-state index < -0.39 is 0 Å². The van der Waals surface area contributed by atoms with Crippen LogP contribution in [0.1, 0.15) is 16.2 Å². The average molecular weight is 442 g/mol. The van der Waals surface area contributed by atoms with Crippen LogP contribution in [0.5, 0.6) is 0 Å². The molecular weight excluding hydrogens is 417 g/mol. The van der Waals surface area contributed by atoms with Crippen molar-refractivity contribution < 1.29 is 13.6 Å². The molecule has 1 aliphatic rings. The van der Waals surface area contributed by atoms with Gasteiger partial charge in [0.05, 0.1) is 6.20 Å². The topological polar surface area (TPSA) is 49.6 Å². The zero-order valence-corrected chi connectivity index (χ0v) is 18.4. The first-order valence-electron chi connectivity index (χ1n) is 11.0. The Morgan fingerprint density at radius 3 is 2.21 bits per heavy atom. The van der Waals surface area contributed by atoms with Crippen molar-refractivity contribution in [2.75, 3.05) is 31.1 Å². The first-order valence-corrected chi connectivity index (χ1v) is 11.0. The Kier molecular flexibility index (Phi) is 5.65. The van der Waals surface area contributed by atoms with Gasteiger partial charge < -0.3 is 14.2 Å². The molecule has 5 nitrogen and oxygen atoms in total. The molecule has 166 valence electrons. The number of benzene rings is 3. The summed E-state index contributed by atoms with van der Waals surface area (Å²) in [5, 5.41) is 0. The number of halogens is 1. The molecule has 0 bridgehead atoms. The second-order valence-electron chi connectivity index (χ2n) is 8.12. The average Bonchev–Trinajstić information content (AvgIpc) is 3.30. The van der Waals surface area contributed by atoms with E-state index in [-0.39, 0.29) is 11.7 Å². The summed E-state index contributed by atoms with van der Waals surface area (Å²) in [6, 6.07) is 22.0. The maximum absolute atomic E-state index is 13.4. The van der Waals surface area contributed by atoms with Crippen LogP contribution in [-0.4, -0.2) is 42.0 Å². The van der Waals surface area contributed by atoms with Gasteiger partial charge in [-0.2, -0.15) is 0 Å². The highest BCUT2D eigenvalue weighted by Crippen LogP contribution is 2.27. The maximum atomic E-state index is 13.4. The Labute approximate surface area is 192 Å². The van der Waals surface area contributed by atoms with Crippen LogP contribution >= 0.6 is 0 Å². The van der Waals surface area contributed by atoms with Gasteiger partial charge in [-0.25, -0.2) is 9.37 Å².